The van der Waals surface area contributed by atoms with Gasteiger partial charge >= 0.3 is 0 Å². The van der Waals surface area contributed by atoms with E-state index in [2.05, 4.69) is 5.32 Å². The van der Waals surface area contributed by atoms with Crippen molar-refractivity contribution >= 4 is 33.2 Å². The van der Waals surface area contributed by atoms with Crippen molar-refractivity contribution in [1.82, 2.24) is 0 Å². The van der Waals surface area contributed by atoms with Gasteiger partial charge in [0.25, 0.3) is 0 Å². The molecule has 9 heteroatoms. The molecule has 0 saturated carbocycles. The highest BCUT2D eigenvalue weighted by molar-refractivity contribution is 8.01. The Morgan fingerprint density at radius 2 is 1.62 bits per heavy atom. The Morgan fingerprint density at radius 1 is 0.971 bits per heavy atom. The third kappa shape index (κ3) is 4.97. The second-order valence-electron chi connectivity index (χ2n) is 8.22. The molecule has 1 atom stereocenters. The third-order valence-corrected chi connectivity index (χ3v) is 7.96. The van der Waals surface area contributed by atoms with Crippen molar-refractivity contribution in [1.29, 1.82) is 0 Å². The number of carbonyl (C=O) groups is 1. The first-order valence-electron chi connectivity index (χ1n) is 10.7. The van der Waals surface area contributed by atoms with Crippen LogP contribution in [-0.4, -0.2) is 32.1 Å². The Hall–Kier alpha value is -2.85. The second kappa shape index (κ2) is 9.07. The maximum atomic E-state index is 12.7. The summed E-state index contributed by atoms with van der Waals surface area (Å²) in [5.41, 5.74) is 2.68. The SMILES string of the molecule is CC1OC(c2ccc3c(c2)NC(=O)C(Cc2ccc(Oc4ccc(S(C)(=O)=O)cc4)cc2)S3)O1. The van der Waals surface area contributed by atoms with Gasteiger partial charge in [-0.25, -0.2) is 8.42 Å². The Bertz CT molecular complexity index is 1320. The molecule has 1 saturated heterocycles. The van der Waals surface area contributed by atoms with Crippen LogP contribution < -0.4 is 10.1 Å². The number of ether oxygens (including phenoxy) is 3. The van der Waals surface area contributed by atoms with E-state index in [-0.39, 0.29) is 28.6 Å². The summed E-state index contributed by atoms with van der Waals surface area (Å²) < 4.78 is 40.0. The number of anilines is 1. The summed E-state index contributed by atoms with van der Waals surface area (Å²) in [5, 5.41) is 2.76. The van der Waals surface area contributed by atoms with Gasteiger partial charge in [-0.15, -0.1) is 11.8 Å². The number of hydrogen-bond acceptors (Lipinski definition) is 7. The molecule has 0 spiro atoms. The smallest absolute Gasteiger partial charge is 0.238 e. The maximum Gasteiger partial charge on any atom is 0.238 e. The van der Waals surface area contributed by atoms with Crippen LogP contribution >= 0.6 is 11.8 Å². The minimum Gasteiger partial charge on any atom is -0.457 e. The number of carbonyl (C=O) groups excluding carboxylic acids is 1. The van der Waals surface area contributed by atoms with Crippen molar-refractivity contribution in [3.63, 3.8) is 0 Å². The molecule has 2 heterocycles. The summed E-state index contributed by atoms with van der Waals surface area (Å²) in [4.78, 5) is 14.0. The zero-order chi connectivity index (χ0) is 23.9. The van der Waals surface area contributed by atoms with Crippen LogP contribution in [0.4, 0.5) is 5.69 Å². The van der Waals surface area contributed by atoms with Crippen molar-refractivity contribution in [2.45, 2.75) is 41.0 Å². The molecule has 7 nitrogen and oxygen atoms in total. The molecule has 2 aliphatic heterocycles. The molecule has 0 bridgehead atoms. The van der Waals surface area contributed by atoms with E-state index in [1.807, 2.05) is 49.4 Å². The molecule has 2 aliphatic rings. The highest BCUT2D eigenvalue weighted by Crippen LogP contribution is 2.40. The van der Waals surface area contributed by atoms with Gasteiger partial charge in [-0.3, -0.25) is 4.79 Å². The van der Waals surface area contributed by atoms with E-state index < -0.39 is 9.84 Å². The summed E-state index contributed by atoms with van der Waals surface area (Å²) in [5.74, 6) is 1.14. The Balaban J connectivity index is 1.21. The minimum atomic E-state index is -3.24. The molecule has 0 aliphatic carbocycles. The number of amides is 1. The van der Waals surface area contributed by atoms with Gasteiger partial charge < -0.3 is 19.5 Å². The average Bonchev–Trinajstić information content (AvgIpc) is 2.78. The minimum absolute atomic E-state index is 0.0373. The van der Waals surface area contributed by atoms with Crippen molar-refractivity contribution in [3.05, 3.63) is 77.9 Å². The first-order valence-corrected chi connectivity index (χ1v) is 13.5. The van der Waals surface area contributed by atoms with Crippen LogP contribution in [0, 0.1) is 0 Å². The van der Waals surface area contributed by atoms with Crippen LogP contribution in [-0.2, 0) is 30.5 Å². The lowest BCUT2D eigenvalue weighted by molar-refractivity contribution is -0.382. The summed E-state index contributed by atoms with van der Waals surface area (Å²) in [6.07, 6.45) is 1.17. The summed E-state index contributed by atoms with van der Waals surface area (Å²) in [6, 6.07) is 19.7. The number of thioether (sulfide) groups is 1. The van der Waals surface area contributed by atoms with E-state index in [0.717, 1.165) is 21.7 Å². The van der Waals surface area contributed by atoms with E-state index in [1.165, 1.54) is 18.4 Å². The molecule has 0 radical (unpaired) electrons. The van der Waals surface area contributed by atoms with E-state index >= 15 is 0 Å². The predicted octanol–water partition coefficient (Wildman–Crippen LogP) is 4.93. The molecule has 1 N–H and O–H groups in total. The molecular weight excluding hydrogens is 474 g/mol. The fourth-order valence-corrected chi connectivity index (χ4v) is 5.53. The molecule has 3 aromatic rings. The lowest BCUT2D eigenvalue weighted by atomic mass is 10.1. The highest BCUT2D eigenvalue weighted by Gasteiger charge is 2.31. The fourth-order valence-electron chi connectivity index (χ4n) is 3.76. The number of benzene rings is 3. The number of hydrogen-bond donors (Lipinski definition) is 1. The van der Waals surface area contributed by atoms with E-state index in [4.69, 9.17) is 14.2 Å². The topological polar surface area (TPSA) is 90.9 Å². The van der Waals surface area contributed by atoms with Crippen molar-refractivity contribution in [3.8, 4) is 11.5 Å². The van der Waals surface area contributed by atoms with Crippen molar-refractivity contribution in [2.24, 2.45) is 0 Å². The van der Waals surface area contributed by atoms with E-state index in [0.29, 0.717) is 17.9 Å². The lowest BCUT2D eigenvalue weighted by Gasteiger charge is -2.34. The Labute approximate surface area is 202 Å². The second-order valence-corrected chi connectivity index (χ2v) is 11.5. The van der Waals surface area contributed by atoms with Gasteiger partial charge in [-0.1, -0.05) is 18.2 Å². The Kier molecular flexibility index (Phi) is 6.11. The Morgan fingerprint density at radius 3 is 2.24 bits per heavy atom. The number of fused-ring (bicyclic) bond motifs is 1. The average molecular weight is 498 g/mol. The van der Waals surface area contributed by atoms with E-state index in [9.17, 15) is 13.2 Å². The van der Waals surface area contributed by atoms with Crippen LogP contribution in [0.3, 0.4) is 0 Å². The molecule has 3 aromatic carbocycles. The third-order valence-electron chi connectivity index (χ3n) is 5.56. The van der Waals surface area contributed by atoms with Crippen LogP contribution in [0.15, 0.2) is 76.5 Å². The van der Waals surface area contributed by atoms with Gasteiger partial charge in [0.1, 0.15) is 11.5 Å². The normalized spacial score (nSPS) is 21.8. The van der Waals surface area contributed by atoms with Crippen LogP contribution in [0.2, 0.25) is 0 Å². The highest BCUT2D eigenvalue weighted by atomic mass is 32.2. The molecule has 176 valence electrons. The van der Waals surface area contributed by atoms with Crippen LogP contribution in [0.1, 0.15) is 24.3 Å². The van der Waals surface area contributed by atoms with Crippen molar-refractivity contribution in [2.75, 3.05) is 11.6 Å². The molecule has 1 unspecified atom stereocenters. The van der Waals surface area contributed by atoms with Crippen LogP contribution in [0.25, 0.3) is 0 Å². The standard InChI is InChI=1S/C25H23NO6S2/c1-15-30-25(31-15)17-5-12-22-21(14-17)26-24(27)23(33-22)13-16-3-6-18(7-4-16)32-19-8-10-20(11-9-19)34(2,28)29/h3-12,14-15,23,25H,13H2,1-2H3,(H,26,27). The predicted molar refractivity (Wildman–Crippen MR) is 129 cm³/mol. The van der Waals surface area contributed by atoms with Gasteiger partial charge in [0.2, 0.25) is 5.91 Å². The summed E-state index contributed by atoms with van der Waals surface area (Å²) in [7, 11) is -3.24. The van der Waals surface area contributed by atoms with E-state index in [1.54, 1.807) is 23.9 Å². The quantitative estimate of drug-likeness (QED) is 0.516. The van der Waals surface area contributed by atoms with Crippen molar-refractivity contribution < 1.29 is 27.4 Å². The molecule has 0 aromatic heterocycles. The zero-order valence-corrected chi connectivity index (χ0v) is 20.2. The molecule has 1 fully saturated rings. The molecule has 1 amide bonds. The first kappa shape index (κ1) is 22.9. The molecule has 34 heavy (non-hydrogen) atoms. The first-order chi connectivity index (χ1) is 16.2. The molecule has 5 rings (SSSR count). The number of sulfone groups is 1. The summed E-state index contributed by atoms with van der Waals surface area (Å²) in [6.45, 7) is 1.84. The monoisotopic (exact) mass is 497 g/mol. The maximum absolute atomic E-state index is 12.7. The van der Waals surface area contributed by atoms with Gasteiger partial charge in [0.15, 0.2) is 22.4 Å². The zero-order valence-electron chi connectivity index (χ0n) is 18.6. The fraction of sp³-hybridized carbons (Fsp3) is 0.240. The number of rotatable bonds is 6. The molecular formula is C25H23NO6S2. The number of nitrogens with one attached hydrogen (secondary N) is 1. The largest absolute Gasteiger partial charge is 0.457 e. The van der Waals surface area contributed by atoms with Gasteiger partial charge in [-0.05, 0) is 67.4 Å². The lowest BCUT2D eigenvalue weighted by Crippen LogP contribution is -2.33. The van der Waals surface area contributed by atoms with Gasteiger partial charge in [0.05, 0.1) is 15.8 Å². The van der Waals surface area contributed by atoms with Crippen LogP contribution in [0.5, 0.6) is 11.5 Å². The van der Waals surface area contributed by atoms with Gasteiger partial charge in [0, 0.05) is 16.7 Å². The summed E-state index contributed by atoms with van der Waals surface area (Å²) >= 11 is 1.54. The van der Waals surface area contributed by atoms with Gasteiger partial charge in [-0.2, -0.15) is 0 Å².